The molecule has 222 valence electrons. The number of aliphatic hydroxyl groups excluding tert-OH is 1. The summed E-state index contributed by atoms with van der Waals surface area (Å²) in [7, 11) is 3.60. The van der Waals surface area contributed by atoms with E-state index in [-0.39, 0.29) is 17.8 Å². The molecule has 0 spiro atoms. The van der Waals surface area contributed by atoms with Crippen molar-refractivity contribution in [2.75, 3.05) is 14.1 Å². The van der Waals surface area contributed by atoms with E-state index in [9.17, 15) is 14.7 Å². The van der Waals surface area contributed by atoms with Gasteiger partial charge in [-0.15, -0.1) is 5.73 Å². The first kappa shape index (κ1) is 33.4. The number of hydrogen-bond acceptors (Lipinski definition) is 4. The summed E-state index contributed by atoms with van der Waals surface area (Å²) in [5.41, 5.74) is 4.28. The normalized spacial score (nSPS) is 17.9. The first-order valence-corrected chi connectivity index (χ1v) is 16.4. The van der Waals surface area contributed by atoms with Gasteiger partial charge in [-0.2, -0.15) is 0 Å². The number of likely N-dealkylation sites (N-methyl/N-ethyl adjacent to an activating group) is 2. The van der Waals surface area contributed by atoms with Gasteiger partial charge >= 0.3 is 0 Å². The van der Waals surface area contributed by atoms with Gasteiger partial charge in [-0.1, -0.05) is 129 Å². The number of allylic oxidation sites excluding steroid dienone is 2. The number of hydrogen-bond donors (Lipinski definition) is 1. The maximum Gasteiger partial charge on any atom is 0.237 e. The van der Waals surface area contributed by atoms with Crippen LogP contribution in [0.4, 0.5) is 0 Å². The third-order valence-corrected chi connectivity index (χ3v) is 8.54. The van der Waals surface area contributed by atoms with Crippen molar-refractivity contribution in [2.45, 2.75) is 154 Å². The van der Waals surface area contributed by atoms with Gasteiger partial charge < -0.3 is 14.9 Å². The molecule has 5 nitrogen and oxygen atoms in total. The third kappa shape index (κ3) is 12.5. The summed E-state index contributed by atoms with van der Waals surface area (Å²) < 4.78 is 0. The summed E-state index contributed by atoms with van der Waals surface area (Å²) in [6.07, 6.45) is 30.0. The van der Waals surface area contributed by atoms with Crippen molar-refractivity contribution in [1.29, 1.82) is 0 Å². The maximum atomic E-state index is 13.0. The standard InChI is InChI=1S/C34H58N2O3/c1-4-5-6-7-8-11-14-17-20-24-29(37)25-21-18-15-12-9-10-13-16-19-22-26-30-33(38)32-31(36(3)34(30)39)27-23-28-35(32)2/h27-30,37H,4-22,24-26H2,1-3H3. The average molecular weight is 543 g/mol. The lowest BCUT2D eigenvalue weighted by atomic mass is 9.88. The largest absolute Gasteiger partial charge is 0.393 e. The van der Waals surface area contributed by atoms with E-state index >= 15 is 0 Å². The molecule has 5 heteroatoms. The van der Waals surface area contributed by atoms with Crippen molar-refractivity contribution in [2.24, 2.45) is 5.92 Å². The van der Waals surface area contributed by atoms with Gasteiger partial charge in [0.15, 0.2) is 5.78 Å². The molecule has 39 heavy (non-hydrogen) atoms. The maximum absolute atomic E-state index is 13.0. The monoisotopic (exact) mass is 542 g/mol. The highest BCUT2D eigenvalue weighted by Gasteiger charge is 2.40. The molecule has 0 aromatic rings. The molecule has 0 radical (unpaired) electrons. The Hall–Kier alpha value is -1.84. The third-order valence-electron chi connectivity index (χ3n) is 8.54. The Morgan fingerprint density at radius 3 is 1.72 bits per heavy atom. The van der Waals surface area contributed by atoms with Gasteiger partial charge in [0.05, 0.1) is 11.8 Å². The van der Waals surface area contributed by atoms with Crippen LogP contribution in [0, 0.1) is 5.92 Å². The summed E-state index contributed by atoms with van der Waals surface area (Å²) >= 11 is 0. The number of ketones is 1. The van der Waals surface area contributed by atoms with E-state index < -0.39 is 5.92 Å². The second kappa shape index (κ2) is 20.1. The zero-order chi connectivity index (χ0) is 28.3. The fraction of sp³-hybridized carbons (Fsp3) is 0.794. The van der Waals surface area contributed by atoms with E-state index in [0.29, 0.717) is 17.8 Å². The first-order valence-electron chi connectivity index (χ1n) is 16.4. The van der Waals surface area contributed by atoms with Crippen LogP contribution in [-0.2, 0) is 9.59 Å². The van der Waals surface area contributed by atoms with Gasteiger partial charge in [0.25, 0.3) is 0 Å². The van der Waals surface area contributed by atoms with Crippen LogP contribution in [0.2, 0.25) is 0 Å². The predicted molar refractivity (Wildman–Crippen MR) is 162 cm³/mol. The number of carbonyl (C=O) groups excluding carboxylic acids is 2. The number of rotatable bonds is 23. The Bertz CT molecular complexity index is 811. The van der Waals surface area contributed by atoms with Crippen LogP contribution in [-0.4, -0.2) is 46.8 Å². The van der Waals surface area contributed by atoms with E-state index in [1.165, 1.54) is 103 Å². The van der Waals surface area contributed by atoms with Crippen LogP contribution < -0.4 is 0 Å². The van der Waals surface area contributed by atoms with Crippen LogP contribution in [0.5, 0.6) is 0 Å². The number of amides is 1. The van der Waals surface area contributed by atoms with E-state index in [4.69, 9.17) is 0 Å². The number of unbranched alkanes of at least 4 members (excludes halogenated alkanes) is 17. The van der Waals surface area contributed by atoms with Gasteiger partial charge in [-0.05, 0) is 19.3 Å². The van der Waals surface area contributed by atoms with E-state index in [0.717, 1.165) is 32.1 Å². The molecule has 0 saturated heterocycles. The Balaban J connectivity index is 1.38. The van der Waals surface area contributed by atoms with E-state index in [1.807, 2.05) is 7.05 Å². The summed E-state index contributed by atoms with van der Waals surface area (Å²) in [6, 6.07) is 0. The highest BCUT2D eigenvalue weighted by atomic mass is 16.3. The fourth-order valence-electron chi connectivity index (χ4n) is 5.96. The Morgan fingerprint density at radius 2 is 1.21 bits per heavy atom. The molecule has 1 N–H and O–H groups in total. The molecule has 2 rings (SSSR count). The van der Waals surface area contributed by atoms with Crippen LogP contribution in [0.3, 0.4) is 0 Å². The molecular formula is C34H58N2O3. The van der Waals surface area contributed by atoms with E-state index in [1.54, 1.807) is 29.1 Å². The second-order valence-corrected chi connectivity index (χ2v) is 12.0. The molecule has 2 aliphatic rings. The number of aliphatic hydroxyl groups is 1. The minimum absolute atomic E-state index is 0.0411. The molecule has 2 unspecified atom stereocenters. The van der Waals surface area contributed by atoms with Gasteiger partial charge in [0.1, 0.15) is 11.6 Å². The summed E-state index contributed by atoms with van der Waals surface area (Å²) in [6.45, 7) is 2.27. The molecule has 0 fully saturated rings. The lowest BCUT2D eigenvalue weighted by Crippen LogP contribution is -2.45. The fourth-order valence-corrected chi connectivity index (χ4v) is 5.96. The zero-order valence-electron chi connectivity index (χ0n) is 25.5. The van der Waals surface area contributed by atoms with Gasteiger partial charge in [-0.3, -0.25) is 9.59 Å². The Kier molecular flexibility index (Phi) is 17.2. The predicted octanol–water partition coefficient (Wildman–Crippen LogP) is 8.43. The summed E-state index contributed by atoms with van der Waals surface area (Å²) in [5.74, 6) is -0.663. The molecule has 1 amide bonds. The van der Waals surface area contributed by atoms with Gasteiger partial charge in [0.2, 0.25) is 5.91 Å². The highest BCUT2D eigenvalue weighted by molar-refractivity contribution is 6.13. The first-order chi connectivity index (χ1) is 19.0. The molecule has 2 heterocycles. The van der Waals surface area contributed by atoms with Crippen molar-refractivity contribution in [1.82, 2.24) is 9.80 Å². The zero-order valence-corrected chi connectivity index (χ0v) is 25.5. The van der Waals surface area contributed by atoms with Crippen LogP contribution >= 0.6 is 0 Å². The quantitative estimate of drug-likeness (QED) is 0.0799. The molecule has 0 aromatic carbocycles. The smallest absolute Gasteiger partial charge is 0.237 e. The molecule has 2 atom stereocenters. The highest BCUT2D eigenvalue weighted by Crippen LogP contribution is 2.30. The number of Topliss-reactive ketones (excluding diaryl/α,β-unsaturated/α-hetero) is 1. The minimum atomic E-state index is -0.542. The molecule has 2 aliphatic heterocycles. The van der Waals surface area contributed by atoms with Crippen molar-refractivity contribution in [3.05, 3.63) is 29.4 Å². The van der Waals surface area contributed by atoms with Crippen molar-refractivity contribution in [3.63, 3.8) is 0 Å². The molecule has 0 aromatic heterocycles. The van der Waals surface area contributed by atoms with Crippen molar-refractivity contribution < 1.29 is 14.7 Å². The lowest BCUT2D eigenvalue weighted by Gasteiger charge is -2.35. The summed E-state index contributed by atoms with van der Waals surface area (Å²) in [4.78, 5) is 29.1. The second-order valence-electron chi connectivity index (χ2n) is 12.0. The van der Waals surface area contributed by atoms with Gasteiger partial charge in [-0.25, -0.2) is 0 Å². The molecule has 0 bridgehead atoms. The Morgan fingerprint density at radius 1 is 0.744 bits per heavy atom. The van der Waals surface area contributed by atoms with E-state index in [2.05, 4.69) is 12.7 Å². The average Bonchev–Trinajstić information content (AvgIpc) is 2.93. The van der Waals surface area contributed by atoms with Crippen molar-refractivity contribution in [3.8, 4) is 0 Å². The summed E-state index contributed by atoms with van der Waals surface area (Å²) in [5, 5.41) is 10.2. The molecular weight excluding hydrogens is 484 g/mol. The Labute approximate surface area is 239 Å². The van der Waals surface area contributed by atoms with Crippen LogP contribution in [0.25, 0.3) is 0 Å². The SMILES string of the molecule is CCCCCCCCCCCC(O)CCCCCCCCCCCCC1C(=O)C2=C(C=C=CN2C)N(C)C1=O. The van der Waals surface area contributed by atoms with Crippen LogP contribution in [0.15, 0.2) is 29.4 Å². The molecule has 0 saturated carbocycles. The van der Waals surface area contributed by atoms with Crippen molar-refractivity contribution >= 4 is 11.7 Å². The van der Waals surface area contributed by atoms with Crippen LogP contribution in [0.1, 0.15) is 148 Å². The number of nitrogens with zero attached hydrogens (tertiary/aromatic N) is 2. The lowest BCUT2D eigenvalue weighted by molar-refractivity contribution is -0.140. The number of carbonyl (C=O) groups is 2. The minimum Gasteiger partial charge on any atom is -0.393 e. The topological polar surface area (TPSA) is 60.9 Å². The molecule has 0 aliphatic carbocycles. The van der Waals surface area contributed by atoms with Gasteiger partial charge in [0, 0.05) is 26.4 Å².